The lowest BCUT2D eigenvalue weighted by Gasteiger charge is -2.34. The highest BCUT2D eigenvalue weighted by Crippen LogP contribution is 2.33. The van der Waals surface area contributed by atoms with Crippen molar-refractivity contribution < 1.29 is 31.9 Å². The molecule has 1 saturated heterocycles. The van der Waals surface area contributed by atoms with Crippen molar-refractivity contribution >= 4 is 17.7 Å². The first-order chi connectivity index (χ1) is 15.0. The molecule has 3 amide bonds. The molecule has 0 radical (unpaired) electrons. The predicted molar refractivity (Wildman–Crippen MR) is 102 cm³/mol. The van der Waals surface area contributed by atoms with Gasteiger partial charge in [0.1, 0.15) is 5.82 Å². The van der Waals surface area contributed by atoms with E-state index in [9.17, 15) is 31.9 Å². The van der Waals surface area contributed by atoms with Gasteiger partial charge in [-0.3, -0.25) is 14.4 Å². The number of piperazine rings is 1. The molecule has 1 aliphatic rings. The number of carbonyl (C=O) groups excluding carboxylic acids is 3. The van der Waals surface area contributed by atoms with E-state index in [1.165, 1.54) is 4.90 Å². The van der Waals surface area contributed by atoms with Crippen LogP contribution in [0.15, 0.2) is 24.3 Å². The van der Waals surface area contributed by atoms with Crippen LogP contribution in [0, 0.1) is 5.82 Å². The molecule has 0 spiro atoms. The van der Waals surface area contributed by atoms with Crippen molar-refractivity contribution in [3.8, 4) is 5.69 Å². The number of aromatic nitrogens is 3. The average Bonchev–Trinajstić information content (AvgIpc) is 3.18. The molecule has 1 N–H and O–H groups in total. The van der Waals surface area contributed by atoms with Crippen LogP contribution < -0.4 is 5.32 Å². The average molecular weight is 456 g/mol. The van der Waals surface area contributed by atoms with Crippen molar-refractivity contribution in [1.82, 2.24) is 30.1 Å². The lowest BCUT2D eigenvalue weighted by Crippen LogP contribution is -2.54. The molecular formula is C19H20F4N6O3. The quantitative estimate of drug-likeness (QED) is 0.553. The summed E-state index contributed by atoms with van der Waals surface area (Å²) in [5, 5.41) is 9.35. The Hall–Kier alpha value is -3.51. The Kier molecular flexibility index (Phi) is 6.46. The molecule has 1 aliphatic heterocycles. The smallest absolute Gasteiger partial charge is 0.346 e. The molecule has 2 aromatic rings. The van der Waals surface area contributed by atoms with Crippen LogP contribution >= 0.6 is 0 Å². The van der Waals surface area contributed by atoms with Crippen LogP contribution in [0.3, 0.4) is 0 Å². The van der Waals surface area contributed by atoms with Gasteiger partial charge in [-0.2, -0.15) is 13.2 Å². The van der Waals surface area contributed by atoms with Gasteiger partial charge in [0.05, 0.1) is 5.69 Å². The van der Waals surface area contributed by atoms with Gasteiger partial charge >= 0.3 is 18.0 Å². The molecule has 172 valence electrons. The summed E-state index contributed by atoms with van der Waals surface area (Å²) < 4.78 is 54.8. The van der Waals surface area contributed by atoms with Gasteiger partial charge in [0.15, 0.2) is 11.4 Å². The van der Waals surface area contributed by atoms with Gasteiger partial charge in [-0.25, -0.2) is 9.07 Å². The number of nitrogens with zero attached hydrogens (tertiary/aromatic N) is 5. The van der Waals surface area contributed by atoms with Crippen LogP contribution in [0.5, 0.6) is 0 Å². The SMILES string of the molecule is CC(C)NC(=O)C(=O)N1CCN(C(=O)c2nnn(-c3ccc(F)cc3)c2C(F)(F)F)CC1. The van der Waals surface area contributed by atoms with Crippen molar-refractivity contribution in [1.29, 1.82) is 0 Å². The van der Waals surface area contributed by atoms with E-state index in [2.05, 4.69) is 15.6 Å². The van der Waals surface area contributed by atoms with E-state index in [1.807, 2.05) is 0 Å². The van der Waals surface area contributed by atoms with Crippen LogP contribution in [0.2, 0.25) is 0 Å². The Morgan fingerprint density at radius 1 is 1.00 bits per heavy atom. The summed E-state index contributed by atoms with van der Waals surface area (Å²) in [6.07, 6.45) is -4.96. The lowest BCUT2D eigenvalue weighted by atomic mass is 10.2. The van der Waals surface area contributed by atoms with Crippen LogP contribution in [0.1, 0.15) is 30.0 Å². The highest BCUT2D eigenvalue weighted by atomic mass is 19.4. The Bertz CT molecular complexity index is 1010. The Labute approximate surface area is 180 Å². The molecular weight excluding hydrogens is 436 g/mol. The first-order valence-corrected chi connectivity index (χ1v) is 9.67. The number of hydrogen-bond acceptors (Lipinski definition) is 5. The van der Waals surface area contributed by atoms with E-state index in [4.69, 9.17) is 0 Å². The third-order valence-electron chi connectivity index (χ3n) is 4.68. The first-order valence-electron chi connectivity index (χ1n) is 9.67. The summed E-state index contributed by atoms with van der Waals surface area (Å²) in [5.74, 6) is -3.22. The van der Waals surface area contributed by atoms with Crippen molar-refractivity contribution in [2.24, 2.45) is 0 Å². The topological polar surface area (TPSA) is 100 Å². The van der Waals surface area contributed by atoms with E-state index in [0.717, 1.165) is 29.2 Å². The van der Waals surface area contributed by atoms with Gasteiger partial charge in [0.25, 0.3) is 5.91 Å². The molecule has 0 saturated carbocycles. The molecule has 2 heterocycles. The van der Waals surface area contributed by atoms with Crippen LogP contribution in [0.25, 0.3) is 5.69 Å². The second kappa shape index (κ2) is 8.93. The van der Waals surface area contributed by atoms with Gasteiger partial charge in [0.2, 0.25) is 0 Å². The zero-order chi connectivity index (χ0) is 23.6. The Morgan fingerprint density at radius 2 is 1.56 bits per heavy atom. The number of amides is 3. The maximum absolute atomic E-state index is 13.8. The van der Waals surface area contributed by atoms with Crippen molar-refractivity contribution in [3.63, 3.8) is 0 Å². The molecule has 3 rings (SSSR count). The largest absolute Gasteiger partial charge is 0.435 e. The van der Waals surface area contributed by atoms with Crippen LogP contribution in [-0.4, -0.2) is 74.7 Å². The maximum Gasteiger partial charge on any atom is 0.435 e. The van der Waals surface area contributed by atoms with Gasteiger partial charge in [-0.05, 0) is 38.1 Å². The number of halogens is 4. The first kappa shape index (κ1) is 23.2. The monoisotopic (exact) mass is 456 g/mol. The second-order valence-electron chi connectivity index (χ2n) is 7.39. The number of alkyl halides is 3. The third kappa shape index (κ3) is 4.86. The van der Waals surface area contributed by atoms with E-state index in [1.54, 1.807) is 13.8 Å². The zero-order valence-corrected chi connectivity index (χ0v) is 17.2. The van der Waals surface area contributed by atoms with E-state index < -0.39 is 41.1 Å². The van der Waals surface area contributed by atoms with Crippen LogP contribution in [0.4, 0.5) is 17.6 Å². The van der Waals surface area contributed by atoms with E-state index >= 15 is 0 Å². The molecule has 32 heavy (non-hydrogen) atoms. The van der Waals surface area contributed by atoms with Gasteiger partial charge < -0.3 is 15.1 Å². The number of hydrogen-bond donors (Lipinski definition) is 1. The number of rotatable bonds is 3. The van der Waals surface area contributed by atoms with Crippen molar-refractivity contribution in [3.05, 3.63) is 41.5 Å². The molecule has 0 atom stereocenters. The van der Waals surface area contributed by atoms with Gasteiger partial charge in [-0.15, -0.1) is 5.10 Å². The molecule has 0 aliphatic carbocycles. The molecule has 0 unspecified atom stereocenters. The van der Waals surface area contributed by atoms with E-state index in [-0.39, 0.29) is 37.9 Å². The summed E-state index contributed by atoms with van der Waals surface area (Å²) >= 11 is 0. The summed E-state index contributed by atoms with van der Waals surface area (Å²) in [4.78, 5) is 39.1. The fourth-order valence-electron chi connectivity index (χ4n) is 3.17. The second-order valence-corrected chi connectivity index (χ2v) is 7.39. The minimum absolute atomic E-state index is 0.0243. The minimum Gasteiger partial charge on any atom is -0.346 e. The number of benzene rings is 1. The van der Waals surface area contributed by atoms with E-state index in [0.29, 0.717) is 4.68 Å². The van der Waals surface area contributed by atoms with Crippen LogP contribution in [-0.2, 0) is 15.8 Å². The minimum atomic E-state index is -4.96. The van der Waals surface area contributed by atoms with Crippen molar-refractivity contribution in [2.75, 3.05) is 26.2 Å². The third-order valence-corrected chi connectivity index (χ3v) is 4.68. The molecule has 1 aromatic heterocycles. The van der Waals surface area contributed by atoms with Gasteiger partial charge in [0, 0.05) is 32.2 Å². The number of nitrogens with one attached hydrogen (secondary N) is 1. The molecule has 13 heteroatoms. The predicted octanol–water partition coefficient (Wildman–Crippen LogP) is 1.23. The maximum atomic E-state index is 13.8. The molecule has 0 bridgehead atoms. The fourth-order valence-corrected chi connectivity index (χ4v) is 3.17. The molecule has 1 fully saturated rings. The summed E-state index contributed by atoms with van der Waals surface area (Å²) in [5.41, 5.74) is -2.40. The summed E-state index contributed by atoms with van der Waals surface area (Å²) in [7, 11) is 0. The highest BCUT2D eigenvalue weighted by molar-refractivity contribution is 6.35. The fraction of sp³-hybridized carbons (Fsp3) is 0.421. The summed E-state index contributed by atoms with van der Waals surface area (Å²) in [6, 6.07) is 3.85. The standard InChI is InChI=1S/C19H20F4N6O3/c1-11(2)24-16(30)18(32)28-9-7-27(8-10-28)17(31)14-15(19(21,22)23)29(26-25-14)13-5-3-12(20)4-6-13/h3-6,11H,7-10H2,1-2H3,(H,24,30). The van der Waals surface area contributed by atoms with Crippen molar-refractivity contribution in [2.45, 2.75) is 26.1 Å². The van der Waals surface area contributed by atoms with Gasteiger partial charge in [-0.1, -0.05) is 5.21 Å². The Balaban J connectivity index is 1.78. The number of carbonyl (C=O) groups is 3. The Morgan fingerprint density at radius 3 is 2.09 bits per heavy atom. The summed E-state index contributed by atoms with van der Waals surface area (Å²) in [6.45, 7) is 3.17. The molecule has 1 aromatic carbocycles. The normalized spacial score (nSPS) is 14.6. The lowest BCUT2D eigenvalue weighted by molar-refractivity contribution is -0.147. The molecule has 9 nitrogen and oxygen atoms in total. The zero-order valence-electron chi connectivity index (χ0n) is 17.2. The highest BCUT2D eigenvalue weighted by Gasteiger charge is 2.43.